The number of benzene rings is 1. The van der Waals surface area contributed by atoms with Crippen molar-refractivity contribution in [2.75, 3.05) is 5.73 Å². The van der Waals surface area contributed by atoms with Crippen LogP contribution in [0.15, 0.2) is 48.7 Å². The van der Waals surface area contributed by atoms with Crippen LogP contribution in [-0.2, 0) is 23.9 Å². The number of aromatic nitrogens is 2. The molecule has 0 unspecified atom stereocenters. The summed E-state index contributed by atoms with van der Waals surface area (Å²) in [6, 6.07) is 8.63. The van der Waals surface area contributed by atoms with E-state index in [2.05, 4.69) is 20.6 Å². The average molecular weight is 459 g/mol. The van der Waals surface area contributed by atoms with Crippen molar-refractivity contribution in [2.45, 2.75) is 39.0 Å². The van der Waals surface area contributed by atoms with Gasteiger partial charge in [-0.2, -0.15) is 13.2 Å². The maximum atomic E-state index is 13.1. The molecule has 0 radical (unpaired) electrons. The number of pyridine rings is 1. The van der Waals surface area contributed by atoms with E-state index in [1.165, 1.54) is 18.3 Å². The number of nitrogens with one attached hydrogen (secondary N) is 3. The van der Waals surface area contributed by atoms with Crippen LogP contribution in [0.1, 0.15) is 38.4 Å². The molecule has 0 saturated carbocycles. The third-order valence-electron chi connectivity index (χ3n) is 5.01. The van der Waals surface area contributed by atoms with Crippen LogP contribution in [0.25, 0.3) is 0 Å². The topological polar surface area (TPSA) is 113 Å². The fourth-order valence-corrected chi connectivity index (χ4v) is 3.37. The zero-order valence-corrected chi connectivity index (χ0v) is 18.1. The third kappa shape index (κ3) is 6.34. The summed E-state index contributed by atoms with van der Waals surface area (Å²) in [6.07, 6.45) is -3.14. The fourth-order valence-electron chi connectivity index (χ4n) is 3.37. The molecule has 3 aromatic rings. The number of nitrogens with two attached hydrogens (primary N) is 1. The predicted molar refractivity (Wildman–Crippen MR) is 117 cm³/mol. The number of nitrogen functional groups attached to an aromatic ring is 1. The second-order valence-electron chi connectivity index (χ2n) is 7.75. The minimum absolute atomic E-state index is 0.113. The van der Waals surface area contributed by atoms with Crippen LogP contribution >= 0.6 is 0 Å². The summed E-state index contributed by atoms with van der Waals surface area (Å²) in [5.41, 5.74) is 7.42. The van der Waals surface area contributed by atoms with E-state index < -0.39 is 29.6 Å². The van der Waals surface area contributed by atoms with E-state index in [1.54, 1.807) is 32.0 Å². The Bertz CT molecular complexity index is 1140. The first-order chi connectivity index (χ1) is 15.5. The number of hydrogen-bond acceptors (Lipinski definition) is 4. The lowest BCUT2D eigenvalue weighted by atomic mass is 10.0. The van der Waals surface area contributed by atoms with Crippen LogP contribution in [0, 0.1) is 13.8 Å². The third-order valence-corrected chi connectivity index (χ3v) is 5.01. The van der Waals surface area contributed by atoms with Gasteiger partial charge in [-0.05, 0) is 48.7 Å². The summed E-state index contributed by atoms with van der Waals surface area (Å²) in [6.45, 7) is 3.65. The largest absolute Gasteiger partial charge is 0.416 e. The Balaban J connectivity index is 1.80. The smallest absolute Gasteiger partial charge is 0.384 e. The number of hydrogen-bond donors (Lipinski definition) is 4. The van der Waals surface area contributed by atoms with Gasteiger partial charge in [0, 0.05) is 24.9 Å². The molecule has 1 aromatic carbocycles. The van der Waals surface area contributed by atoms with E-state index in [1.807, 2.05) is 0 Å². The number of H-pyrrole nitrogens is 1. The number of aromatic amines is 1. The van der Waals surface area contributed by atoms with Gasteiger partial charge >= 0.3 is 6.18 Å². The van der Waals surface area contributed by atoms with E-state index in [4.69, 9.17) is 5.73 Å². The summed E-state index contributed by atoms with van der Waals surface area (Å²) in [5.74, 6) is -0.739. The molecule has 2 amide bonds. The van der Waals surface area contributed by atoms with Crippen molar-refractivity contribution in [3.05, 3.63) is 82.3 Å². The highest BCUT2D eigenvalue weighted by Crippen LogP contribution is 2.29. The lowest BCUT2D eigenvalue weighted by molar-refractivity contribution is -0.137. The monoisotopic (exact) mass is 459 g/mol. The van der Waals surface area contributed by atoms with Crippen LogP contribution in [-0.4, -0.2) is 27.8 Å². The molecule has 0 aliphatic rings. The van der Waals surface area contributed by atoms with Crippen LogP contribution in [0.3, 0.4) is 0 Å². The van der Waals surface area contributed by atoms with Crippen molar-refractivity contribution in [3.63, 3.8) is 0 Å². The summed E-state index contributed by atoms with van der Waals surface area (Å²) >= 11 is 0. The molecule has 1 atom stereocenters. The lowest BCUT2D eigenvalue weighted by Crippen LogP contribution is -2.48. The first-order valence-corrected chi connectivity index (χ1v) is 10.1. The summed E-state index contributed by atoms with van der Waals surface area (Å²) in [7, 11) is 0. The molecule has 0 fully saturated rings. The molecule has 2 aromatic heterocycles. The zero-order valence-electron chi connectivity index (χ0n) is 18.1. The van der Waals surface area contributed by atoms with E-state index >= 15 is 0 Å². The second kappa shape index (κ2) is 9.76. The molecule has 0 aliphatic carbocycles. The molecule has 0 spiro atoms. The molecule has 0 saturated heterocycles. The minimum atomic E-state index is -4.52. The van der Waals surface area contributed by atoms with Crippen LogP contribution in [0.5, 0.6) is 0 Å². The number of carbonyl (C=O) groups excluding carboxylic acids is 2. The molecule has 3 rings (SSSR count). The van der Waals surface area contributed by atoms with Crippen LogP contribution in [0.2, 0.25) is 0 Å². The Morgan fingerprint density at radius 2 is 1.88 bits per heavy atom. The standard InChI is InChI=1S/C23H24F3N5O2/c1-13-8-14(2)30-20(13)22(33)31-18(10-15-4-3-5-17(9-15)23(24,25)26)21(32)29-12-16-6-7-19(27)28-11-16/h3-9,11,18,30H,10,12H2,1-2H3,(H2,27,28)(H,29,32)(H,31,33)/t18-/m0/s1. The summed E-state index contributed by atoms with van der Waals surface area (Å²) in [4.78, 5) is 32.6. The van der Waals surface area contributed by atoms with E-state index in [0.29, 0.717) is 16.9 Å². The van der Waals surface area contributed by atoms with E-state index in [-0.39, 0.29) is 24.2 Å². The van der Waals surface area contributed by atoms with Gasteiger partial charge in [0.1, 0.15) is 17.6 Å². The Morgan fingerprint density at radius 1 is 1.12 bits per heavy atom. The molecule has 174 valence electrons. The van der Waals surface area contributed by atoms with Crippen molar-refractivity contribution in [3.8, 4) is 0 Å². The lowest BCUT2D eigenvalue weighted by Gasteiger charge is -2.19. The zero-order chi connectivity index (χ0) is 24.2. The Morgan fingerprint density at radius 3 is 2.48 bits per heavy atom. The van der Waals surface area contributed by atoms with Crippen LogP contribution in [0.4, 0.5) is 19.0 Å². The first kappa shape index (κ1) is 23.8. The quantitative estimate of drug-likeness (QED) is 0.434. The highest BCUT2D eigenvalue weighted by molar-refractivity contribution is 5.97. The molecule has 0 bridgehead atoms. The number of nitrogens with zero attached hydrogens (tertiary/aromatic N) is 1. The normalized spacial score (nSPS) is 12.3. The maximum Gasteiger partial charge on any atom is 0.416 e. The van der Waals surface area contributed by atoms with Crippen molar-refractivity contribution in [2.24, 2.45) is 0 Å². The molecule has 33 heavy (non-hydrogen) atoms. The van der Waals surface area contributed by atoms with Crippen molar-refractivity contribution in [1.29, 1.82) is 0 Å². The number of rotatable bonds is 7. The number of alkyl halides is 3. The maximum absolute atomic E-state index is 13.1. The number of anilines is 1. The molecule has 10 heteroatoms. The number of amides is 2. The average Bonchev–Trinajstić information content (AvgIpc) is 3.10. The Hall–Kier alpha value is -3.82. The van der Waals surface area contributed by atoms with Gasteiger partial charge in [-0.15, -0.1) is 0 Å². The summed E-state index contributed by atoms with van der Waals surface area (Å²) < 4.78 is 39.3. The number of aryl methyl sites for hydroxylation is 2. The SMILES string of the molecule is Cc1cc(C)c(C(=O)N[C@@H](Cc2cccc(C(F)(F)F)c2)C(=O)NCc2ccc(N)nc2)[nH]1. The number of carbonyl (C=O) groups is 2. The van der Waals surface area contributed by atoms with Crippen molar-refractivity contribution >= 4 is 17.6 Å². The molecule has 0 aliphatic heterocycles. The second-order valence-corrected chi connectivity index (χ2v) is 7.75. The molecule has 7 nitrogen and oxygen atoms in total. The molecule has 5 N–H and O–H groups in total. The Kier molecular flexibility index (Phi) is 7.05. The van der Waals surface area contributed by atoms with Gasteiger partial charge in [0.25, 0.3) is 5.91 Å². The van der Waals surface area contributed by atoms with Gasteiger partial charge in [0.05, 0.1) is 5.56 Å². The molecular formula is C23H24F3N5O2. The van der Waals surface area contributed by atoms with Gasteiger partial charge in [0.15, 0.2) is 0 Å². The molecule has 2 heterocycles. The number of halogens is 3. The van der Waals surface area contributed by atoms with Gasteiger partial charge in [-0.25, -0.2) is 4.98 Å². The Labute approximate surface area is 188 Å². The highest BCUT2D eigenvalue weighted by Gasteiger charge is 2.31. The van der Waals surface area contributed by atoms with Gasteiger partial charge in [0.2, 0.25) is 5.91 Å². The van der Waals surface area contributed by atoms with Crippen molar-refractivity contribution < 1.29 is 22.8 Å². The molecular weight excluding hydrogens is 435 g/mol. The first-order valence-electron chi connectivity index (χ1n) is 10.1. The van der Waals surface area contributed by atoms with Crippen molar-refractivity contribution in [1.82, 2.24) is 20.6 Å². The van der Waals surface area contributed by atoms with Crippen LogP contribution < -0.4 is 16.4 Å². The predicted octanol–water partition coefficient (Wildman–Crippen LogP) is 3.29. The van der Waals surface area contributed by atoms with Gasteiger partial charge in [-0.3, -0.25) is 9.59 Å². The van der Waals surface area contributed by atoms with Gasteiger partial charge in [-0.1, -0.05) is 24.3 Å². The fraction of sp³-hybridized carbons (Fsp3) is 0.261. The summed E-state index contributed by atoms with van der Waals surface area (Å²) in [5, 5.41) is 5.33. The van der Waals surface area contributed by atoms with E-state index in [0.717, 1.165) is 17.8 Å². The van der Waals surface area contributed by atoms with E-state index in [9.17, 15) is 22.8 Å². The minimum Gasteiger partial charge on any atom is -0.384 e. The van der Waals surface area contributed by atoms with Gasteiger partial charge < -0.3 is 21.4 Å². The highest BCUT2D eigenvalue weighted by atomic mass is 19.4.